The average molecular weight is 251 g/mol. The van der Waals surface area contributed by atoms with E-state index in [0.29, 0.717) is 0 Å². The van der Waals surface area contributed by atoms with Gasteiger partial charge in [0.05, 0.1) is 17.1 Å². The van der Waals surface area contributed by atoms with Crippen LogP contribution in [0.4, 0.5) is 0 Å². The lowest BCUT2D eigenvalue weighted by Crippen LogP contribution is -2.37. The predicted molar refractivity (Wildman–Crippen MR) is 62.8 cm³/mol. The molecule has 0 spiro atoms. The molecule has 2 N–H and O–H groups in total. The Morgan fingerprint density at radius 2 is 1.88 bits per heavy atom. The number of carbonyl (C=O) groups is 1. The van der Waals surface area contributed by atoms with Gasteiger partial charge in [-0.15, -0.1) is 0 Å². The van der Waals surface area contributed by atoms with Gasteiger partial charge in [-0.2, -0.15) is 0 Å². The van der Waals surface area contributed by atoms with E-state index in [0.717, 1.165) is 0 Å². The molecule has 0 saturated carbocycles. The molecule has 0 aromatic carbocycles. The van der Waals surface area contributed by atoms with Crippen LogP contribution in [0.3, 0.4) is 0 Å². The number of esters is 1. The zero-order valence-electron chi connectivity index (χ0n) is 10.3. The Balaban J connectivity index is 4.32. The Kier molecular flexibility index (Phi) is 5.41. The fourth-order valence-corrected chi connectivity index (χ4v) is 2.13. The van der Waals surface area contributed by atoms with Gasteiger partial charge in [-0.3, -0.25) is 4.79 Å². The number of carbonyl (C=O) groups excluding carboxylic acids is 1. The largest absolute Gasteiger partial charge is 0.465 e. The minimum Gasteiger partial charge on any atom is -0.465 e. The van der Waals surface area contributed by atoms with Crippen LogP contribution in [0, 0.1) is 0 Å². The summed E-state index contributed by atoms with van der Waals surface area (Å²) in [7, 11) is -3.23. The van der Waals surface area contributed by atoms with Crippen molar-refractivity contribution in [2.45, 2.75) is 44.9 Å². The van der Waals surface area contributed by atoms with E-state index in [-0.39, 0.29) is 18.8 Å². The van der Waals surface area contributed by atoms with Crippen LogP contribution < -0.4 is 5.73 Å². The molecule has 0 aliphatic carbocycles. The second kappa shape index (κ2) is 5.63. The fourth-order valence-electron chi connectivity index (χ4n) is 0.955. The summed E-state index contributed by atoms with van der Waals surface area (Å²) in [6.07, 6.45) is 0.0957. The lowest BCUT2D eigenvalue weighted by Gasteiger charge is -2.20. The molecular weight excluding hydrogens is 230 g/mol. The van der Waals surface area contributed by atoms with E-state index in [9.17, 15) is 13.2 Å². The molecule has 16 heavy (non-hydrogen) atoms. The van der Waals surface area contributed by atoms with Gasteiger partial charge in [-0.1, -0.05) is 0 Å². The molecule has 0 fully saturated rings. The number of nitrogens with two attached hydrogens (primary N) is 1. The first-order chi connectivity index (χ1) is 7.12. The molecule has 0 aromatic rings. The van der Waals surface area contributed by atoms with E-state index in [1.807, 2.05) is 0 Å². The number of ether oxygens (including phenoxy) is 1. The first-order valence-electron chi connectivity index (χ1n) is 5.26. The van der Waals surface area contributed by atoms with Crippen molar-refractivity contribution in [2.24, 2.45) is 5.73 Å². The van der Waals surface area contributed by atoms with Gasteiger partial charge in [0, 0.05) is 0 Å². The van der Waals surface area contributed by atoms with Gasteiger partial charge < -0.3 is 10.5 Å². The summed E-state index contributed by atoms with van der Waals surface area (Å²) < 4.78 is 27.3. The first-order valence-corrected chi connectivity index (χ1v) is 6.91. The summed E-state index contributed by atoms with van der Waals surface area (Å²) in [5.74, 6) is -0.650. The van der Waals surface area contributed by atoms with E-state index >= 15 is 0 Å². The molecule has 1 atom stereocenters. The molecular formula is C10H21NO4S. The summed E-state index contributed by atoms with van der Waals surface area (Å²) in [5.41, 5.74) is 5.51. The van der Waals surface area contributed by atoms with Crippen LogP contribution in [0.2, 0.25) is 0 Å². The molecule has 6 heteroatoms. The van der Waals surface area contributed by atoms with Crippen LogP contribution in [0.1, 0.15) is 34.1 Å². The minimum atomic E-state index is -3.23. The third-order valence-electron chi connectivity index (χ3n) is 2.22. The zero-order valence-corrected chi connectivity index (χ0v) is 11.1. The van der Waals surface area contributed by atoms with E-state index in [1.165, 1.54) is 0 Å². The third kappa shape index (κ3) is 4.49. The summed E-state index contributed by atoms with van der Waals surface area (Å²) in [6.45, 7) is 6.80. The van der Waals surface area contributed by atoms with Crippen molar-refractivity contribution >= 4 is 15.8 Å². The van der Waals surface area contributed by atoms with Crippen molar-refractivity contribution in [3.63, 3.8) is 0 Å². The monoisotopic (exact) mass is 251 g/mol. The van der Waals surface area contributed by atoms with Gasteiger partial charge in [0.1, 0.15) is 6.04 Å². The maximum atomic E-state index is 11.7. The van der Waals surface area contributed by atoms with Crippen molar-refractivity contribution in [1.29, 1.82) is 0 Å². The quantitative estimate of drug-likeness (QED) is 0.718. The lowest BCUT2D eigenvalue weighted by molar-refractivity contribution is -0.144. The molecule has 0 radical (unpaired) electrons. The van der Waals surface area contributed by atoms with Crippen LogP contribution in [-0.2, 0) is 19.4 Å². The van der Waals surface area contributed by atoms with Crippen LogP contribution in [0.15, 0.2) is 0 Å². The molecule has 0 aliphatic heterocycles. The second-order valence-corrected chi connectivity index (χ2v) is 7.44. The topological polar surface area (TPSA) is 86.5 Å². The Hall–Kier alpha value is -0.620. The van der Waals surface area contributed by atoms with Crippen LogP contribution in [-0.4, -0.2) is 37.5 Å². The van der Waals surface area contributed by atoms with Gasteiger partial charge in [0.15, 0.2) is 9.84 Å². The summed E-state index contributed by atoms with van der Waals surface area (Å²) >= 11 is 0. The van der Waals surface area contributed by atoms with Crippen LogP contribution >= 0.6 is 0 Å². The molecule has 5 nitrogen and oxygen atoms in total. The molecule has 0 amide bonds. The summed E-state index contributed by atoms with van der Waals surface area (Å²) in [5, 5.41) is 0. The van der Waals surface area contributed by atoms with Crippen molar-refractivity contribution in [3.05, 3.63) is 0 Å². The molecule has 0 heterocycles. The Morgan fingerprint density at radius 1 is 1.38 bits per heavy atom. The SMILES string of the molecule is CCOC(=O)C(N)CCS(=O)(=O)C(C)(C)C. The first kappa shape index (κ1) is 15.4. The van der Waals surface area contributed by atoms with Crippen molar-refractivity contribution in [3.8, 4) is 0 Å². The highest BCUT2D eigenvalue weighted by molar-refractivity contribution is 7.92. The van der Waals surface area contributed by atoms with Gasteiger partial charge in [-0.05, 0) is 34.1 Å². The summed E-state index contributed by atoms with van der Waals surface area (Å²) in [6, 6.07) is -0.864. The number of hydrogen-bond acceptors (Lipinski definition) is 5. The normalized spacial score (nSPS) is 14.6. The zero-order chi connectivity index (χ0) is 13.0. The maximum absolute atomic E-state index is 11.7. The fraction of sp³-hybridized carbons (Fsp3) is 0.900. The molecule has 96 valence electrons. The predicted octanol–water partition coefficient (Wildman–Crippen LogP) is 0.480. The highest BCUT2D eigenvalue weighted by Crippen LogP contribution is 2.17. The van der Waals surface area contributed by atoms with Crippen molar-refractivity contribution in [2.75, 3.05) is 12.4 Å². The molecule has 0 bridgehead atoms. The molecule has 1 unspecified atom stereocenters. The molecule has 0 rings (SSSR count). The Morgan fingerprint density at radius 3 is 2.25 bits per heavy atom. The van der Waals surface area contributed by atoms with Crippen LogP contribution in [0.25, 0.3) is 0 Å². The minimum absolute atomic E-state index is 0.0957. The maximum Gasteiger partial charge on any atom is 0.322 e. The van der Waals surface area contributed by atoms with Crippen LogP contribution in [0.5, 0.6) is 0 Å². The number of rotatable bonds is 5. The second-order valence-electron chi connectivity index (χ2n) is 4.58. The standard InChI is InChI=1S/C10H21NO4S/c1-5-15-9(12)8(11)6-7-16(13,14)10(2,3)4/h8H,5-7,11H2,1-4H3. The van der Waals surface area contributed by atoms with Gasteiger partial charge in [-0.25, -0.2) is 8.42 Å². The Labute approximate surface area is 97.3 Å². The van der Waals surface area contributed by atoms with Gasteiger partial charge >= 0.3 is 5.97 Å². The van der Waals surface area contributed by atoms with Crippen molar-refractivity contribution < 1.29 is 17.9 Å². The molecule has 0 aromatic heterocycles. The van der Waals surface area contributed by atoms with E-state index in [1.54, 1.807) is 27.7 Å². The van der Waals surface area contributed by atoms with E-state index in [4.69, 9.17) is 10.5 Å². The van der Waals surface area contributed by atoms with Gasteiger partial charge in [0.2, 0.25) is 0 Å². The van der Waals surface area contributed by atoms with E-state index in [2.05, 4.69) is 0 Å². The number of hydrogen-bond donors (Lipinski definition) is 1. The average Bonchev–Trinajstić information content (AvgIpc) is 2.12. The third-order valence-corrected chi connectivity index (χ3v) is 4.86. The number of sulfone groups is 1. The summed E-state index contributed by atoms with van der Waals surface area (Å²) in [4.78, 5) is 11.2. The van der Waals surface area contributed by atoms with E-state index < -0.39 is 26.6 Å². The van der Waals surface area contributed by atoms with Gasteiger partial charge in [0.25, 0.3) is 0 Å². The highest BCUT2D eigenvalue weighted by atomic mass is 32.2. The molecule has 0 aliphatic rings. The van der Waals surface area contributed by atoms with Crippen molar-refractivity contribution in [1.82, 2.24) is 0 Å². The smallest absolute Gasteiger partial charge is 0.322 e. The Bertz CT molecular complexity index is 329. The highest BCUT2D eigenvalue weighted by Gasteiger charge is 2.30. The lowest BCUT2D eigenvalue weighted by atomic mass is 10.2. The molecule has 0 saturated heterocycles.